The fourth-order valence-corrected chi connectivity index (χ4v) is 4.28. The van der Waals surface area contributed by atoms with Gasteiger partial charge in [-0.1, -0.05) is 23.4 Å². The summed E-state index contributed by atoms with van der Waals surface area (Å²) in [7, 11) is 0. The Balaban J connectivity index is 1.33. The lowest BCUT2D eigenvalue weighted by molar-refractivity contribution is -0.384. The second-order valence-electron chi connectivity index (χ2n) is 8.37. The summed E-state index contributed by atoms with van der Waals surface area (Å²) in [4.78, 5) is 45.0. The molecule has 1 aliphatic heterocycles. The molecule has 0 saturated carbocycles. The molecule has 0 radical (unpaired) electrons. The molecule has 1 saturated heterocycles. The van der Waals surface area contributed by atoms with E-state index in [4.69, 9.17) is 0 Å². The number of amides is 1. The number of halogens is 1. The summed E-state index contributed by atoms with van der Waals surface area (Å²) in [5, 5.41) is 19.0. The molecule has 178 valence electrons. The smallest absolute Gasteiger partial charge is 0.281 e. The van der Waals surface area contributed by atoms with Crippen molar-refractivity contribution in [2.24, 2.45) is 0 Å². The lowest BCUT2D eigenvalue weighted by Gasteiger charge is -2.31. The Hall–Kier alpha value is -4.48. The molecule has 5 rings (SSSR count). The van der Waals surface area contributed by atoms with Crippen LogP contribution in [0.25, 0.3) is 11.2 Å². The van der Waals surface area contributed by atoms with Gasteiger partial charge in [-0.3, -0.25) is 19.7 Å². The number of aromatic amines is 1. The number of likely N-dealkylation sites (tertiary alicyclic amines) is 1. The van der Waals surface area contributed by atoms with E-state index < -0.39 is 10.5 Å². The SMILES string of the molecule is O=C(c1cccc([N+](=O)[O-])c1)N1CCC(c2nc3c(nnn3Cc3cccc(F)c3)c(=O)[nH]2)CC1. The summed E-state index contributed by atoms with van der Waals surface area (Å²) in [5.74, 6) is -0.266. The van der Waals surface area contributed by atoms with Crippen molar-refractivity contribution in [2.45, 2.75) is 25.3 Å². The predicted octanol–water partition coefficient (Wildman–Crippen LogP) is 2.63. The maximum Gasteiger partial charge on any atom is 0.281 e. The van der Waals surface area contributed by atoms with E-state index in [2.05, 4.69) is 20.3 Å². The molecule has 0 unspecified atom stereocenters. The Morgan fingerprint density at radius 1 is 1.17 bits per heavy atom. The molecule has 35 heavy (non-hydrogen) atoms. The molecule has 2 aromatic carbocycles. The van der Waals surface area contributed by atoms with Crippen LogP contribution in [0, 0.1) is 15.9 Å². The van der Waals surface area contributed by atoms with Crippen molar-refractivity contribution in [1.29, 1.82) is 0 Å². The van der Waals surface area contributed by atoms with Crippen LogP contribution in [-0.4, -0.2) is 53.8 Å². The summed E-state index contributed by atoms with van der Waals surface area (Å²) in [6, 6.07) is 11.7. The second kappa shape index (κ2) is 9.05. The zero-order chi connectivity index (χ0) is 24.5. The first kappa shape index (κ1) is 22.3. The number of H-pyrrole nitrogens is 1. The normalized spacial score (nSPS) is 14.4. The number of hydrogen-bond donors (Lipinski definition) is 1. The van der Waals surface area contributed by atoms with Gasteiger partial charge < -0.3 is 9.88 Å². The van der Waals surface area contributed by atoms with Gasteiger partial charge in [-0.2, -0.15) is 0 Å². The van der Waals surface area contributed by atoms with Gasteiger partial charge in [-0.15, -0.1) is 5.10 Å². The molecule has 0 aliphatic carbocycles. The third-order valence-corrected chi connectivity index (χ3v) is 6.09. The summed E-state index contributed by atoms with van der Waals surface area (Å²) in [5.41, 5.74) is 0.785. The van der Waals surface area contributed by atoms with E-state index in [1.165, 1.54) is 35.0 Å². The van der Waals surface area contributed by atoms with E-state index >= 15 is 0 Å². The van der Waals surface area contributed by atoms with Gasteiger partial charge in [0, 0.05) is 36.7 Å². The zero-order valence-corrected chi connectivity index (χ0v) is 18.4. The molecular formula is C23H20FN7O4. The predicted molar refractivity (Wildman–Crippen MR) is 122 cm³/mol. The van der Waals surface area contributed by atoms with Gasteiger partial charge in [0.25, 0.3) is 17.2 Å². The van der Waals surface area contributed by atoms with Crippen LogP contribution < -0.4 is 5.56 Å². The highest BCUT2D eigenvalue weighted by molar-refractivity contribution is 5.94. The van der Waals surface area contributed by atoms with Crippen LogP contribution in [0.4, 0.5) is 10.1 Å². The largest absolute Gasteiger partial charge is 0.339 e. The zero-order valence-electron chi connectivity index (χ0n) is 18.4. The van der Waals surface area contributed by atoms with Gasteiger partial charge in [-0.05, 0) is 36.6 Å². The Labute approximate surface area is 197 Å². The molecule has 4 aromatic rings. The van der Waals surface area contributed by atoms with Gasteiger partial charge in [0.1, 0.15) is 11.6 Å². The Morgan fingerprint density at radius 2 is 1.94 bits per heavy atom. The third-order valence-electron chi connectivity index (χ3n) is 6.09. The minimum atomic E-state index is -0.533. The van der Waals surface area contributed by atoms with Crippen LogP contribution in [0.1, 0.15) is 40.5 Å². The van der Waals surface area contributed by atoms with Gasteiger partial charge in [0.2, 0.25) is 0 Å². The van der Waals surface area contributed by atoms with E-state index in [1.54, 1.807) is 23.1 Å². The van der Waals surface area contributed by atoms with E-state index in [0.717, 1.165) is 0 Å². The van der Waals surface area contributed by atoms with Crippen molar-refractivity contribution in [2.75, 3.05) is 13.1 Å². The summed E-state index contributed by atoms with van der Waals surface area (Å²) in [6.07, 6.45) is 1.11. The fourth-order valence-electron chi connectivity index (χ4n) is 4.28. The maximum absolute atomic E-state index is 13.6. The Bertz CT molecular complexity index is 1490. The average Bonchev–Trinajstić information content (AvgIpc) is 3.27. The molecule has 0 bridgehead atoms. The van der Waals surface area contributed by atoms with Crippen LogP contribution in [0.3, 0.4) is 0 Å². The van der Waals surface area contributed by atoms with Crippen LogP contribution in [0.2, 0.25) is 0 Å². The number of carbonyl (C=O) groups is 1. The van der Waals surface area contributed by atoms with Gasteiger partial charge in [0.15, 0.2) is 11.2 Å². The molecule has 0 atom stereocenters. The molecule has 1 fully saturated rings. The first-order valence-corrected chi connectivity index (χ1v) is 11.0. The molecule has 2 aromatic heterocycles. The highest BCUT2D eigenvalue weighted by Crippen LogP contribution is 2.27. The number of nitrogens with zero attached hydrogens (tertiary/aromatic N) is 6. The van der Waals surface area contributed by atoms with E-state index in [0.29, 0.717) is 43.0 Å². The number of nitro groups is 1. The van der Waals surface area contributed by atoms with Crippen molar-refractivity contribution in [1.82, 2.24) is 29.9 Å². The van der Waals surface area contributed by atoms with Gasteiger partial charge >= 0.3 is 0 Å². The third kappa shape index (κ3) is 4.50. The van der Waals surface area contributed by atoms with Crippen molar-refractivity contribution >= 4 is 22.8 Å². The van der Waals surface area contributed by atoms with Crippen LogP contribution in [0.15, 0.2) is 53.3 Å². The van der Waals surface area contributed by atoms with Gasteiger partial charge in [0.05, 0.1) is 11.5 Å². The first-order valence-electron chi connectivity index (χ1n) is 11.0. The maximum atomic E-state index is 13.6. The molecular weight excluding hydrogens is 457 g/mol. The highest BCUT2D eigenvalue weighted by Gasteiger charge is 2.27. The summed E-state index contributed by atoms with van der Waals surface area (Å²) < 4.78 is 15.0. The number of aromatic nitrogens is 5. The Kier molecular flexibility index (Phi) is 5.77. The number of piperidine rings is 1. The second-order valence-corrected chi connectivity index (χ2v) is 8.37. The quantitative estimate of drug-likeness (QED) is 0.344. The number of benzene rings is 2. The van der Waals surface area contributed by atoms with Gasteiger partial charge in [-0.25, -0.2) is 14.1 Å². The molecule has 1 N–H and O–H groups in total. The number of hydrogen-bond acceptors (Lipinski definition) is 7. The van der Waals surface area contributed by atoms with E-state index in [9.17, 15) is 24.1 Å². The first-order chi connectivity index (χ1) is 16.9. The molecule has 11 nitrogen and oxygen atoms in total. The molecule has 1 amide bonds. The molecule has 1 aliphatic rings. The number of nitro benzene ring substituents is 1. The standard InChI is InChI=1S/C23H20FN7O4/c24-17-5-1-3-14(11-17)13-30-21-19(27-28-30)22(32)26-20(25-21)15-7-9-29(10-8-15)23(33)16-4-2-6-18(12-16)31(34)35/h1-6,11-12,15H,7-10,13H2,(H,25,26,32). The average molecular weight is 477 g/mol. The van der Waals surface area contributed by atoms with Crippen molar-refractivity contribution in [3.05, 3.63) is 91.8 Å². The monoisotopic (exact) mass is 477 g/mol. The number of non-ortho nitro benzene ring substituents is 1. The highest BCUT2D eigenvalue weighted by atomic mass is 19.1. The van der Waals surface area contributed by atoms with Crippen LogP contribution in [-0.2, 0) is 6.54 Å². The minimum Gasteiger partial charge on any atom is -0.339 e. The minimum absolute atomic E-state index is 0.0984. The van der Waals surface area contributed by atoms with Crippen molar-refractivity contribution in [3.8, 4) is 0 Å². The number of nitrogens with one attached hydrogen (secondary N) is 1. The Morgan fingerprint density at radius 3 is 2.69 bits per heavy atom. The van der Waals surface area contributed by atoms with E-state index in [-0.39, 0.29) is 41.0 Å². The lowest BCUT2D eigenvalue weighted by atomic mass is 9.95. The summed E-state index contributed by atoms with van der Waals surface area (Å²) in [6.45, 7) is 1.03. The molecule has 3 heterocycles. The van der Waals surface area contributed by atoms with Crippen LogP contribution >= 0.6 is 0 Å². The topological polar surface area (TPSA) is 140 Å². The lowest BCUT2D eigenvalue weighted by Crippen LogP contribution is -2.38. The van der Waals surface area contributed by atoms with E-state index in [1.807, 2.05) is 0 Å². The number of rotatable bonds is 5. The molecule has 12 heteroatoms. The van der Waals surface area contributed by atoms with Crippen LogP contribution in [0.5, 0.6) is 0 Å². The number of carbonyl (C=O) groups excluding carboxylic acids is 1. The summed E-state index contributed by atoms with van der Waals surface area (Å²) >= 11 is 0. The van der Waals surface area contributed by atoms with Crippen molar-refractivity contribution < 1.29 is 14.1 Å². The molecule has 0 spiro atoms. The fraction of sp³-hybridized carbons (Fsp3) is 0.261. The number of fused-ring (bicyclic) bond motifs is 1. The van der Waals surface area contributed by atoms with Crippen molar-refractivity contribution in [3.63, 3.8) is 0 Å².